The van der Waals surface area contributed by atoms with E-state index < -0.39 is 6.61 Å². The van der Waals surface area contributed by atoms with Gasteiger partial charge in [0.2, 0.25) is 5.91 Å². The molecule has 1 amide bonds. The lowest BCUT2D eigenvalue weighted by Gasteiger charge is -2.15. The summed E-state index contributed by atoms with van der Waals surface area (Å²) in [4.78, 5) is 25.7. The van der Waals surface area contributed by atoms with Gasteiger partial charge in [0, 0.05) is 24.2 Å². The predicted octanol–water partition coefficient (Wildman–Crippen LogP) is 4.31. The first-order valence-electron chi connectivity index (χ1n) is 8.20. The molecule has 0 radical (unpaired) electrons. The van der Waals surface area contributed by atoms with Gasteiger partial charge in [-0.15, -0.1) is 0 Å². The lowest BCUT2D eigenvalue weighted by molar-refractivity contribution is -0.117. The van der Waals surface area contributed by atoms with E-state index in [4.69, 9.17) is 0 Å². The number of ether oxygens (including phenoxy) is 1. The predicted molar refractivity (Wildman–Crippen MR) is 94.5 cm³/mol. The van der Waals surface area contributed by atoms with Crippen LogP contribution in [0.3, 0.4) is 0 Å². The van der Waals surface area contributed by atoms with Crippen LogP contribution in [0.25, 0.3) is 6.08 Å². The molecule has 1 fully saturated rings. The second-order valence-corrected chi connectivity index (χ2v) is 5.84. The van der Waals surface area contributed by atoms with E-state index in [-0.39, 0.29) is 17.4 Å². The van der Waals surface area contributed by atoms with Crippen molar-refractivity contribution in [1.82, 2.24) is 0 Å². The fraction of sp³-hybridized carbons (Fsp3) is 0.200. The summed E-state index contributed by atoms with van der Waals surface area (Å²) in [5, 5.41) is 0. The Morgan fingerprint density at radius 3 is 2.35 bits per heavy atom. The molecule has 1 heterocycles. The molecule has 0 aliphatic carbocycles. The van der Waals surface area contributed by atoms with E-state index in [1.165, 1.54) is 18.2 Å². The van der Waals surface area contributed by atoms with E-state index >= 15 is 0 Å². The maximum atomic E-state index is 12.2. The van der Waals surface area contributed by atoms with Crippen molar-refractivity contribution >= 4 is 23.5 Å². The molecule has 3 rings (SSSR count). The number of benzene rings is 2. The van der Waals surface area contributed by atoms with E-state index in [2.05, 4.69) is 4.74 Å². The second kappa shape index (κ2) is 7.91. The van der Waals surface area contributed by atoms with Gasteiger partial charge < -0.3 is 9.64 Å². The molecule has 0 atom stereocenters. The maximum Gasteiger partial charge on any atom is 0.387 e. The average Bonchev–Trinajstić information content (AvgIpc) is 3.06. The molecule has 134 valence electrons. The van der Waals surface area contributed by atoms with Gasteiger partial charge in [0.05, 0.1) is 0 Å². The molecule has 26 heavy (non-hydrogen) atoms. The van der Waals surface area contributed by atoms with E-state index in [0.29, 0.717) is 24.1 Å². The number of halogens is 2. The van der Waals surface area contributed by atoms with Crippen molar-refractivity contribution in [3.05, 3.63) is 65.7 Å². The Morgan fingerprint density at radius 1 is 1.08 bits per heavy atom. The minimum absolute atomic E-state index is 0.0653. The molecule has 0 aromatic heterocycles. The van der Waals surface area contributed by atoms with Crippen LogP contribution >= 0.6 is 0 Å². The van der Waals surface area contributed by atoms with Crippen molar-refractivity contribution in [2.75, 3.05) is 11.4 Å². The number of ketones is 1. The Bertz CT molecular complexity index is 814. The molecule has 0 N–H and O–H groups in total. The summed E-state index contributed by atoms with van der Waals surface area (Å²) in [6.07, 6.45) is 4.43. The molecule has 0 bridgehead atoms. The van der Waals surface area contributed by atoms with Crippen LogP contribution in [-0.2, 0) is 4.79 Å². The highest BCUT2D eigenvalue weighted by Crippen LogP contribution is 2.22. The largest absolute Gasteiger partial charge is 0.435 e. The number of nitrogens with zero attached hydrogens (tertiary/aromatic N) is 1. The molecule has 2 aromatic rings. The van der Waals surface area contributed by atoms with Gasteiger partial charge in [-0.05, 0) is 54.5 Å². The van der Waals surface area contributed by atoms with E-state index in [1.807, 2.05) is 0 Å². The third-order valence-corrected chi connectivity index (χ3v) is 4.07. The van der Waals surface area contributed by atoms with Crippen LogP contribution in [0.4, 0.5) is 14.5 Å². The molecular formula is C20H17F2NO3. The van der Waals surface area contributed by atoms with Crippen molar-refractivity contribution in [3.63, 3.8) is 0 Å². The molecule has 1 aliphatic rings. The average molecular weight is 357 g/mol. The van der Waals surface area contributed by atoms with Gasteiger partial charge in [0.1, 0.15) is 5.75 Å². The fourth-order valence-corrected chi connectivity index (χ4v) is 2.76. The van der Waals surface area contributed by atoms with Crippen LogP contribution in [0.2, 0.25) is 0 Å². The molecule has 4 nitrogen and oxygen atoms in total. The summed E-state index contributed by atoms with van der Waals surface area (Å²) in [7, 11) is 0. The number of allylic oxidation sites excluding steroid dienone is 1. The smallest absolute Gasteiger partial charge is 0.387 e. The summed E-state index contributed by atoms with van der Waals surface area (Å²) in [5.41, 5.74) is 2.00. The van der Waals surface area contributed by atoms with E-state index in [0.717, 1.165) is 12.1 Å². The number of hydrogen-bond acceptors (Lipinski definition) is 3. The van der Waals surface area contributed by atoms with Crippen LogP contribution in [0.1, 0.15) is 28.8 Å². The molecular weight excluding hydrogens is 340 g/mol. The minimum Gasteiger partial charge on any atom is -0.435 e. The zero-order chi connectivity index (χ0) is 18.5. The number of carbonyl (C=O) groups excluding carboxylic acids is 2. The molecule has 1 saturated heterocycles. The first-order chi connectivity index (χ1) is 12.5. The number of anilines is 1. The maximum absolute atomic E-state index is 12.2. The standard InChI is InChI=1S/C20H17F2NO3/c21-20(22)26-17-10-3-14(4-11-17)5-12-18(24)15-6-8-16(9-7-15)23-13-1-2-19(23)25/h3-12,20H,1-2,13H2/b12-5+. The van der Waals surface area contributed by atoms with E-state index in [1.54, 1.807) is 47.4 Å². The monoisotopic (exact) mass is 357 g/mol. The number of amides is 1. The molecule has 2 aromatic carbocycles. The van der Waals surface area contributed by atoms with Crippen molar-refractivity contribution in [2.24, 2.45) is 0 Å². The Labute approximate surface area is 149 Å². The SMILES string of the molecule is O=C(/C=C/c1ccc(OC(F)F)cc1)c1ccc(N2CCCC2=O)cc1. The Kier molecular flexibility index (Phi) is 5.41. The van der Waals surface area contributed by atoms with Gasteiger partial charge in [-0.2, -0.15) is 8.78 Å². The number of rotatable bonds is 6. The molecule has 0 unspecified atom stereocenters. The van der Waals surface area contributed by atoms with Gasteiger partial charge in [-0.25, -0.2) is 0 Å². The van der Waals surface area contributed by atoms with Gasteiger partial charge in [-0.1, -0.05) is 18.2 Å². The van der Waals surface area contributed by atoms with Gasteiger partial charge >= 0.3 is 6.61 Å². The van der Waals surface area contributed by atoms with Gasteiger partial charge in [0.25, 0.3) is 0 Å². The minimum atomic E-state index is -2.86. The summed E-state index contributed by atoms with van der Waals surface area (Å²) in [6.45, 7) is -2.16. The molecule has 0 saturated carbocycles. The molecule has 1 aliphatic heterocycles. The normalized spacial score (nSPS) is 14.4. The topological polar surface area (TPSA) is 46.6 Å². The first-order valence-corrected chi connectivity index (χ1v) is 8.20. The first kappa shape index (κ1) is 17.8. The van der Waals surface area contributed by atoms with Crippen LogP contribution in [-0.4, -0.2) is 24.8 Å². The van der Waals surface area contributed by atoms with E-state index in [9.17, 15) is 18.4 Å². The quantitative estimate of drug-likeness (QED) is 0.572. The Balaban J connectivity index is 1.64. The Hall–Kier alpha value is -3.02. The van der Waals surface area contributed by atoms with Crippen molar-refractivity contribution in [3.8, 4) is 5.75 Å². The number of hydrogen-bond donors (Lipinski definition) is 0. The zero-order valence-corrected chi connectivity index (χ0v) is 13.9. The second-order valence-electron chi connectivity index (χ2n) is 5.84. The van der Waals surface area contributed by atoms with Crippen LogP contribution < -0.4 is 9.64 Å². The number of alkyl halides is 2. The third-order valence-electron chi connectivity index (χ3n) is 4.07. The van der Waals surface area contributed by atoms with Gasteiger partial charge in [-0.3, -0.25) is 9.59 Å². The molecule has 0 spiro atoms. The lowest BCUT2D eigenvalue weighted by atomic mass is 10.1. The van der Waals surface area contributed by atoms with Crippen LogP contribution in [0, 0.1) is 0 Å². The lowest BCUT2D eigenvalue weighted by Crippen LogP contribution is -2.23. The Morgan fingerprint density at radius 2 is 1.77 bits per heavy atom. The zero-order valence-electron chi connectivity index (χ0n) is 13.9. The van der Waals surface area contributed by atoms with Crippen molar-refractivity contribution in [2.45, 2.75) is 19.5 Å². The third kappa shape index (κ3) is 4.33. The molecule has 6 heteroatoms. The van der Waals surface area contributed by atoms with Crippen LogP contribution in [0.5, 0.6) is 5.75 Å². The summed E-state index contributed by atoms with van der Waals surface area (Å²) in [5.74, 6) is -0.0176. The highest BCUT2D eigenvalue weighted by molar-refractivity contribution is 6.07. The summed E-state index contributed by atoms with van der Waals surface area (Å²) < 4.78 is 28.5. The fourth-order valence-electron chi connectivity index (χ4n) is 2.76. The summed E-state index contributed by atoms with van der Waals surface area (Å²) in [6, 6.07) is 12.9. The highest BCUT2D eigenvalue weighted by Gasteiger charge is 2.21. The van der Waals surface area contributed by atoms with Gasteiger partial charge in [0.15, 0.2) is 5.78 Å². The summed E-state index contributed by atoms with van der Waals surface area (Å²) >= 11 is 0. The number of carbonyl (C=O) groups is 2. The highest BCUT2D eigenvalue weighted by atomic mass is 19.3. The van der Waals surface area contributed by atoms with Crippen molar-refractivity contribution in [1.29, 1.82) is 0 Å². The van der Waals surface area contributed by atoms with Crippen LogP contribution in [0.15, 0.2) is 54.6 Å². The van der Waals surface area contributed by atoms with Crippen molar-refractivity contribution < 1.29 is 23.1 Å².